The van der Waals surface area contributed by atoms with Crippen molar-refractivity contribution >= 4 is 54.6 Å². The van der Waals surface area contributed by atoms with E-state index in [1.807, 2.05) is 30.7 Å². The molecule has 346 valence electrons. The van der Waals surface area contributed by atoms with Crippen molar-refractivity contribution in [1.29, 1.82) is 0 Å². The van der Waals surface area contributed by atoms with Gasteiger partial charge in [-0.15, -0.1) is 0 Å². The fraction of sp³-hybridized carbons (Fsp3) is 0.106. The maximum Gasteiger partial charge on any atom is 0.147 e. The summed E-state index contributed by atoms with van der Waals surface area (Å²) in [4.78, 5) is 19.1. The van der Waals surface area contributed by atoms with Crippen LogP contribution in [0.2, 0.25) is 0 Å². The molecule has 0 bridgehead atoms. The third-order valence-corrected chi connectivity index (χ3v) is 14.7. The molecule has 0 unspecified atom stereocenters. The van der Waals surface area contributed by atoms with Crippen LogP contribution >= 0.6 is 0 Å². The van der Waals surface area contributed by atoms with Crippen molar-refractivity contribution in [3.8, 4) is 67.4 Å². The molecule has 5 heterocycles. The van der Waals surface area contributed by atoms with Crippen molar-refractivity contribution in [2.24, 2.45) is 0 Å². The molecule has 0 atom stereocenters. The van der Waals surface area contributed by atoms with Gasteiger partial charge in [-0.1, -0.05) is 129 Å². The number of nitrogens with one attached hydrogen (secondary N) is 1. The molecule has 13 aromatic rings. The minimum atomic E-state index is -0.0218. The van der Waals surface area contributed by atoms with E-state index >= 15 is 0 Å². The number of aromatic amines is 1. The first-order valence-electron chi connectivity index (χ1n) is 24.8. The summed E-state index contributed by atoms with van der Waals surface area (Å²) in [5.41, 5.74) is 22.6. The smallest absolute Gasteiger partial charge is 0.147 e. The van der Waals surface area contributed by atoms with E-state index in [0.29, 0.717) is 0 Å². The predicted molar refractivity (Wildman–Crippen MR) is 300 cm³/mol. The van der Waals surface area contributed by atoms with Crippen molar-refractivity contribution in [2.75, 3.05) is 0 Å². The van der Waals surface area contributed by atoms with Crippen LogP contribution in [0.5, 0.6) is 0 Å². The molecule has 0 saturated heterocycles. The molecule has 72 heavy (non-hydrogen) atoms. The summed E-state index contributed by atoms with van der Waals surface area (Å²) in [5.74, 6) is 1.72. The molecular formula is C66H52N6. The minimum Gasteiger partial charge on any atom is -0.354 e. The Balaban J connectivity index is 1.06. The Hall–Kier alpha value is -8.87. The number of aromatic nitrogens is 6. The Morgan fingerprint density at radius 3 is 1.96 bits per heavy atom. The molecule has 6 heteroatoms. The molecule has 8 aromatic carbocycles. The summed E-state index contributed by atoms with van der Waals surface area (Å²) in [6, 6.07) is 66.1. The summed E-state index contributed by atoms with van der Waals surface area (Å²) in [5, 5.41) is 4.75. The topological polar surface area (TPSA) is 64.3 Å². The van der Waals surface area contributed by atoms with E-state index in [0.717, 1.165) is 83.6 Å². The molecule has 0 aliphatic rings. The highest BCUT2D eigenvalue weighted by Gasteiger charge is 2.25. The number of H-pyrrole nitrogens is 1. The lowest BCUT2D eigenvalue weighted by atomic mass is 9.85. The first-order valence-corrected chi connectivity index (χ1v) is 24.8. The lowest BCUT2D eigenvalue weighted by Gasteiger charge is -2.19. The standard InChI is InChI=1S/C66H52N6/c1-40-34-41(2)61(42(3)35-40)52-24-25-53(64-62(52)55-39-48(66(4,5)6)22-26-56(55)69-64)65-70-63-50(18-13-19-58(63)71(65)49-16-11-8-12-17-49)47-20-23-51-54-36-45(43-14-9-7-10-15-43)21-27-57(54)72(59(51)37-47)60-38-46(30-33-68-60)44-28-31-67-32-29-44/h7-39,69H,1-6H3. The van der Waals surface area contributed by atoms with Gasteiger partial charge in [0, 0.05) is 62.5 Å². The van der Waals surface area contributed by atoms with Gasteiger partial charge in [0.25, 0.3) is 0 Å². The lowest BCUT2D eigenvalue weighted by molar-refractivity contribution is 0.591. The van der Waals surface area contributed by atoms with Gasteiger partial charge < -0.3 is 4.98 Å². The van der Waals surface area contributed by atoms with E-state index in [4.69, 9.17) is 9.97 Å². The molecule has 6 nitrogen and oxygen atoms in total. The van der Waals surface area contributed by atoms with Gasteiger partial charge in [-0.05, 0) is 161 Å². The van der Waals surface area contributed by atoms with Crippen molar-refractivity contribution < 1.29 is 0 Å². The van der Waals surface area contributed by atoms with Gasteiger partial charge in [-0.2, -0.15) is 0 Å². The zero-order valence-corrected chi connectivity index (χ0v) is 41.3. The van der Waals surface area contributed by atoms with E-state index in [9.17, 15) is 0 Å². The number of benzene rings is 8. The number of imidazole rings is 1. The molecule has 0 spiro atoms. The second-order valence-corrected chi connectivity index (χ2v) is 20.4. The van der Waals surface area contributed by atoms with Gasteiger partial charge in [0.15, 0.2) is 0 Å². The van der Waals surface area contributed by atoms with Crippen molar-refractivity contribution in [2.45, 2.75) is 47.0 Å². The number of para-hydroxylation sites is 2. The zero-order valence-electron chi connectivity index (χ0n) is 41.3. The number of hydrogen-bond donors (Lipinski definition) is 1. The molecule has 0 fully saturated rings. The number of hydrogen-bond acceptors (Lipinski definition) is 3. The number of fused-ring (bicyclic) bond motifs is 7. The van der Waals surface area contributed by atoms with Crippen LogP contribution in [0.25, 0.3) is 122 Å². The first kappa shape index (κ1) is 43.2. The SMILES string of the molecule is Cc1cc(C)c(-c2ccc(-c3nc4c(-c5ccc6c7cc(-c8ccccc8)ccc7n(-c7cc(-c8ccncc8)ccn7)c6c5)cccc4n3-c3ccccc3)c3[nH]c4ccc(C(C)(C)C)cc4c23)c(C)c1. The van der Waals surface area contributed by atoms with E-state index in [1.165, 1.54) is 60.7 Å². The second-order valence-electron chi connectivity index (χ2n) is 20.4. The molecule has 0 aliphatic heterocycles. The van der Waals surface area contributed by atoms with Crippen molar-refractivity contribution in [3.05, 3.63) is 223 Å². The number of rotatable bonds is 7. The van der Waals surface area contributed by atoms with Crippen LogP contribution in [0.4, 0.5) is 0 Å². The maximum absolute atomic E-state index is 5.77. The quantitative estimate of drug-likeness (QED) is 0.173. The van der Waals surface area contributed by atoms with Crippen molar-refractivity contribution in [3.63, 3.8) is 0 Å². The fourth-order valence-electron chi connectivity index (χ4n) is 11.3. The van der Waals surface area contributed by atoms with E-state index in [1.54, 1.807) is 0 Å². The lowest BCUT2D eigenvalue weighted by Crippen LogP contribution is -2.10. The van der Waals surface area contributed by atoms with Crippen LogP contribution in [-0.2, 0) is 5.41 Å². The molecule has 0 aliphatic carbocycles. The van der Waals surface area contributed by atoms with Crippen molar-refractivity contribution in [1.82, 2.24) is 29.1 Å². The third-order valence-electron chi connectivity index (χ3n) is 14.7. The second kappa shape index (κ2) is 16.6. The van der Waals surface area contributed by atoms with Crippen LogP contribution in [0.3, 0.4) is 0 Å². The summed E-state index contributed by atoms with van der Waals surface area (Å²) in [7, 11) is 0. The van der Waals surface area contributed by atoms with E-state index < -0.39 is 0 Å². The van der Waals surface area contributed by atoms with Gasteiger partial charge in [0.2, 0.25) is 0 Å². The van der Waals surface area contributed by atoms with Gasteiger partial charge in [-0.25, -0.2) is 9.97 Å². The van der Waals surface area contributed by atoms with Gasteiger partial charge in [0.05, 0.1) is 27.6 Å². The average molecular weight is 929 g/mol. The molecule has 13 rings (SSSR count). The molecule has 0 radical (unpaired) electrons. The molecule has 1 N–H and O–H groups in total. The summed E-state index contributed by atoms with van der Waals surface area (Å²) < 4.78 is 4.66. The monoisotopic (exact) mass is 928 g/mol. The number of pyridine rings is 2. The minimum absolute atomic E-state index is 0.0218. The van der Waals surface area contributed by atoms with Gasteiger partial charge in [0.1, 0.15) is 11.6 Å². The Bertz CT molecular complexity index is 4240. The first-order chi connectivity index (χ1) is 35.1. The van der Waals surface area contributed by atoms with Crippen LogP contribution in [0.15, 0.2) is 201 Å². The predicted octanol–water partition coefficient (Wildman–Crippen LogP) is 17.1. The Morgan fingerprint density at radius 2 is 1.18 bits per heavy atom. The van der Waals surface area contributed by atoms with Crippen LogP contribution in [0.1, 0.15) is 43.0 Å². The Kier molecular flexibility index (Phi) is 9.98. The normalized spacial score (nSPS) is 12.0. The van der Waals surface area contributed by atoms with Crippen LogP contribution < -0.4 is 0 Å². The molecular weight excluding hydrogens is 877 g/mol. The van der Waals surface area contributed by atoms with Gasteiger partial charge >= 0.3 is 0 Å². The highest BCUT2D eigenvalue weighted by molar-refractivity contribution is 6.19. The fourth-order valence-corrected chi connectivity index (χ4v) is 11.3. The number of aryl methyl sites for hydroxylation is 3. The maximum atomic E-state index is 5.77. The third kappa shape index (κ3) is 7.04. The summed E-state index contributed by atoms with van der Waals surface area (Å²) >= 11 is 0. The zero-order chi connectivity index (χ0) is 48.8. The van der Waals surface area contributed by atoms with Gasteiger partial charge in [-0.3, -0.25) is 14.1 Å². The van der Waals surface area contributed by atoms with E-state index in [-0.39, 0.29) is 5.41 Å². The molecule has 0 amide bonds. The molecule has 5 aromatic heterocycles. The largest absolute Gasteiger partial charge is 0.354 e. The van der Waals surface area contributed by atoms with E-state index in [2.05, 4.69) is 231 Å². The molecule has 0 saturated carbocycles. The highest BCUT2D eigenvalue weighted by atomic mass is 15.1. The summed E-state index contributed by atoms with van der Waals surface area (Å²) in [6.07, 6.45) is 5.59. The average Bonchev–Trinajstić information content (AvgIpc) is 4.09. The number of nitrogens with zero attached hydrogens (tertiary/aromatic N) is 5. The Morgan fingerprint density at radius 1 is 0.472 bits per heavy atom. The van der Waals surface area contributed by atoms with Crippen LogP contribution in [-0.4, -0.2) is 29.1 Å². The van der Waals surface area contributed by atoms with Crippen LogP contribution in [0, 0.1) is 20.8 Å². The highest BCUT2D eigenvalue weighted by Crippen LogP contribution is 2.45. The Labute approximate surface area is 419 Å². The summed E-state index contributed by atoms with van der Waals surface area (Å²) in [6.45, 7) is 13.6.